The first-order chi connectivity index (χ1) is 8.72. The molecule has 3 nitrogen and oxygen atoms in total. The van der Waals surface area contributed by atoms with E-state index in [0.29, 0.717) is 5.88 Å². The smallest absolute Gasteiger partial charge is 0.265 e. The fourth-order valence-electron chi connectivity index (χ4n) is 1.96. The van der Waals surface area contributed by atoms with Crippen molar-refractivity contribution in [3.05, 3.63) is 22.7 Å². The van der Waals surface area contributed by atoms with Crippen LogP contribution >= 0.6 is 27.5 Å². The number of carbonyl (C=O) groups is 1. The summed E-state index contributed by atoms with van der Waals surface area (Å²) in [4.78, 5) is 13.7. The number of nitrogens with zero attached hydrogens (tertiary/aromatic N) is 1. The van der Waals surface area contributed by atoms with Crippen LogP contribution in [0.5, 0.6) is 5.75 Å². The summed E-state index contributed by atoms with van der Waals surface area (Å²) in [5.74, 6) is 1.47. The molecule has 18 heavy (non-hydrogen) atoms. The third kappa shape index (κ3) is 3.18. The van der Waals surface area contributed by atoms with Crippen LogP contribution in [-0.2, 0) is 4.79 Å². The molecule has 1 aliphatic rings. The number of hydrogen-bond acceptors (Lipinski definition) is 2. The van der Waals surface area contributed by atoms with Gasteiger partial charge >= 0.3 is 0 Å². The molecule has 0 spiro atoms. The highest BCUT2D eigenvalue weighted by Crippen LogP contribution is 2.34. The summed E-state index contributed by atoms with van der Waals surface area (Å²) < 4.78 is 6.36. The topological polar surface area (TPSA) is 29.5 Å². The van der Waals surface area contributed by atoms with Crippen LogP contribution in [0.2, 0.25) is 0 Å². The van der Waals surface area contributed by atoms with Crippen LogP contribution < -0.4 is 9.64 Å². The fourth-order valence-corrected chi connectivity index (χ4v) is 2.50. The monoisotopic (exact) mass is 331 g/mol. The third-order valence-corrected chi connectivity index (χ3v) is 3.64. The van der Waals surface area contributed by atoms with Gasteiger partial charge in [-0.25, -0.2) is 0 Å². The molecule has 0 saturated carbocycles. The summed E-state index contributed by atoms with van der Waals surface area (Å²) in [5.41, 5.74) is 0.853. The molecule has 5 heteroatoms. The van der Waals surface area contributed by atoms with Gasteiger partial charge in [-0.1, -0.05) is 22.4 Å². The van der Waals surface area contributed by atoms with Gasteiger partial charge in [0.15, 0.2) is 6.61 Å². The van der Waals surface area contributed by atoms with Gasteiger partial charge in [-0.05, 0) is 31.0 Å². The molecule has 98 valence electrons. The molecule has 1 aliphatic heterocycles. The summed E-state index contributed by atoms with van der Waals surface area (Å²) in [6.07, 6.45) is 2.99. The van der Waals surface area contributed by atoms with E-state index >= 15 is 0 Å². The van der Waals surface area contributed by atoms with E-state index in [1.807, 2.05) is 18.2 Å². The molecule has 0 N–H and O–H groups in total. The largest absolute Gasteiger partial charge is 0.482 e. The lowest BCUT2D eigenvalue weighted by Gasteiger charge is -2.29. The normalized spacial score (nSPS) is 14.3. The molecule has 0 bridgehead atoms. The van der Waals surface area contributed by atoms with Crippen molar-refractivity contribution >= 4 is 39.1 Å². The standard InChI is InChI=1S/C13H15BrClNO2/c14-10-4-5-12-11(8-10)16(13(17)9-18-12)7-3-1-2-6-15/h4-5,8H,1-3,6-7,9H2. The highest BCUT2D eigenvalue weighted by molar-refractivity contribution is 9.10. The predicted octanol–water partition coefficient (Wildman–Crippen LogP) is 3.58. The van der Waals surface area contributed by atoms with Gasteiger partial charge < -0.3 is 9.64 Å². The van der Waals surface area contributed by atoms with E-state index in [1.54, 1.807) is 4.90 Å². The van der Waals surface area contributed by atoms with E-state index in [9.17, 15) is 4.79 Å². The van der Waals surface area contributed by atoms with Gasteiger partial charge in [-0.15, -0.1) is 11.6 Å². The van der Waals surface area contributed by atoms with Crippen molar-refractivity contribution in [2.45, 2.75) is 19.3 Å². The Kier molecular flexibility index (Phi) is 4.89. The minimum absolute atomic E-state index is 0.0199. The second-order valence-corrected chi connectivity index (χ2v) is 5.49. The van der Waals surface area contributed by atoms with Gasteiger partial charge in [-0.3, -0.25) is 4.79 Å². The zero-order chi connectivity index (χ0) is 13.0. The van der Waals surface area contributed by atoms with Crippen LogP contribution in [0, 0.1) is 0 Å². The van der Waals surface area contributed by atoms with Gasteiger partial charge in [0.2, 0.25) is 0 Å². The molecule has 1 aromatic rings. The molecule has 0 saturated heterocycles. The number of rotatable bonds is 5. The van der Waals surface area contributed by atoms with Gasteiger partial charge in [0.25, 0.3) is 5.91 Å². The molecule has 0 atom stereocenters. The number of amides is 1. The quantitative estimate of drug-likeness (QED) is 0.609. The Bertz CT molecular complexity index is 439. The zero-order valence-corrected chi connectivity index (χ0v) is 12.3. The first-order valence-electron chi connectivity index (χ1n) is 6.01. The average Bonchev–Trinajstić information content (AvgIpc) is 2.36. The molecule has 1 heterocycles. The molecule has 2 rings (SSSR count). The highest BCUT2D eigenvalue weighted by Gasteiger charge is 2.24. The summed E-state index contributed by atoms with van der Waals surface area (Å²) in [7, 11) is 0. The van der Waals surface area contributed by atoms with Crippen molar-refractivity contribution in [1.29, 1.82) is 0 Å². The number of unbranched alkanes of at least 4 members (excludes halogenated alkanes) is 2. The van der Waals surface area contributed by atoms with Gasteiger partial charge in [0.1, 0.15) is 5.75 Å². The number of carbonyl (C=O) groups excluding carboxylic acids is 1. The summed E-state index contributed by atoms with van der Waals surface area (Å²) in [6.45, 7) is 0.854. The lowest BCUT2D eigenvalue weighted by molar-refractivity contribution is -0.121. The predicted molar refractivity (Wildman–Crippen MR) is 76.6 cm³/mol. The van der Waals surface area contributed by atoms with Crippen LogP contribution in [0.25, 0.3) is 0 Å². The number of anilines is 1. The van der Waals surface area contributed by atoms with E-state index in [0.717, 1.165) is 41.7 Å². The minimum Gasteiger partial charge on any atom is -0.482 e. The van der Waals surface area contributed by atoms with E-state index in [1.165, 1.54) is 0 Å². The second-order valence-electron chi connectivity index (χ2n) is 4.20. The maximum atomic E-state index is 11.9. The van der Waals surface area contributed by atoms with Crippen LogP contribution in [0.1, 0.15) is 19.3 Å². The van der Waals surface area contributed by atoms with Crippen LogP contribution in [0.15, 0.2) is 22.7 Å². The Morgan fingerprint density at radius 1 is 1.33 bits per heavy atom. The third-order valence-electron chi connectivity index (χ3n) is 2.88. The van der Waals surface area contributed by atoms with Gasteiger partial charge in [-0.2, -0.15) is 0 Å². The molecular weight excluding hydrogens is 318 g/mol. The highest BCUT2D eigenvalue weighted by atomic mass is 79.9. The fraction of sp³-hybridized carbons (Fsp3) is 0.462. The second kappa shape index (κ2) is 6.43. The lowest BCUT2D eigenvalue weighted by Crippen LogP contribution is -2.39. The van der Waals surface area contributed by atoms with Crippen molar-refractivity contribution in [1.82, 2.24) is 0 Å². The number of fused-ring (bicyclic) bond motifs is 1. The SMILES string of the molecule is O=C1COc2ccc(Br)cc2N1CCCCCCl. The number of alkyl halides is 1. The maximum absolute atomic E-state index is 11.9. The average molecular weight is 333 g/mol. The Morgan fingerprint density at radius 3 is 2.94 bits per heavy atom. The Labute approximate surface area is 120 Å². The van der Waals surface area contributed by atoms with Crippen LogP contribution in [-0.4, -0.2) is 24.9 Å². The number of hydrogen-bond donors (Lipinski definition) is 0. The molecule has 0 fully saturated rings. The van der Waals surface area contributed by atoms with Crippen molar-refractivity contribution < 1.29 is 9.53 Å². The van der Waals surface area contributed by atoms with Crippen LogP contribution in [0.4, 0.5) is 5.69 Å². The molecule has 0 radical (unpaired) electrons. The van der Waals surface area contributed by atoms with E-state index in [2.05, 4.69) is 15.9 Å². The van der Waals surface area contributed by atoms with E-state index < -0.39 is 0 Å². The molecular formula is C13H15BrClNO2. The first kappa shape index (κ1) is 13.7. The summed E-state index contributed by atoms with van der Waals surface area (Å²) in [5, 5.41) is 0. The molecule has 0 unspecified atom stereocenters. The number of halogens is 2. The Hall–Kier alpha value is -0.740. The van der Waals surface area contributed by atoms with Crippen molar-refractivity contribution in [3.63, 3.8) is 0 Å². The zero-order valence-electron chi connectivity index (χ0n) is 9.99. The molecule has 1 aromatic carbocycles. The summed E-state index contributed by atoms with van der Waals surface area (Å²) in [6, 6.07) is 5.73. The molecule has 0 aromatic heterocycles. The minimum atomic E-state index is 0.0199. The van der Waals surface area contributed by atoms with Crippen molar-refractivity contribution in [2.24, 2.45) is 0 Å². The van der Waals surface area contributed by atoms with Crippen molar-refractivity contribution in [2.75, 3.05) is 23.9 Å². The molecule has 1 amide bonds. The number of ether oxygens (including phenoxy) is 1. The van der Waals surface area contributed by atoms with Gasteiger partial charge in [0.05, 0.1) is 5.69 Å². The van der Waals surface area contributed by atoms with E-state index in [-0.39, 0.29) is 12.5 Å². The number of benzene rings is 1. The molecule has 0 aliphatic carbocycles. The van der Waals surface area contributed by atoms with Crippen molar-refractivity contribution in [3.8, 4) is 5.75 Å². The van der Waals surface area contributed by atoms with E-state index in [4.69, 9.17) is 16.3 Å². The Balaban J connectivity index is 2.09. The van der Waals surface area contributed by atoms with Gasteiger partial charge in [0, 0.05) is 16.9 Å². The first-order valence-corrected chi connectivity index (χ1v) is 7.34. The Morgan fingerprint density at radius 2 is 2.17 bits per heavy atom. The summed E-state index contributed by atoms with van der Waals surface area (Å²) >= 11 is 9.07. The maximum Gasteiger partial charge on any atom is 0.265 e. The lowest BCUT2D eigenvalue weighted by atomic mass is 10.2. The van der Waals surface area contributed by atoms with Crippen LogP contribution in [0.3, 0.4) is 0 Å².